The molecule has 20 heavy (non-hydrogen) atoms. The van der Waals surface area contributed by atoms with Gasteiger partial charge in [0.05, 0.1) is 24.8 Å². The molecule has 0 aromatic heterocycles. The van der Waals surface area contributed by atoms with Gasteiger partial charge in [-0.05, 0) is 0 Å². The number of rotatable bonds is 3. The quantitative estimate of drug-likeness (QED) is 0.461. The Hall–Kier alpha value is -1.32. The van der Waals surface area contributed by atoms with Crippen molar-refractivity contribution >= 4 is 12.1 Å². The fourth-order valence-corrected chi connectivity index (χ4v) is 2.79. The molecule has 0 radical (unpaired) electrons. The summed E-state index contributed by atoms with van der Waals surface area (Å²) < 4.78 is 5.49. The Balaban J connectivity index is 1.79. The van der Waals surface area contributed by atoms with E-state index in [1.54, 1.807) is 11.1 Å². The van der Waals surface area contributed by atoms with Crippen LogP contribution in [0.25, 0.3) is 0 Å². The average Bonchev–Trinajstić information content (AvgIpc) is 3.01. The molecule has 0 amide bonds. The zero-order valence-electron chi connectivity index (χ0n) is 10.6. The predicted molar refractivity (Wildman–Crippen MR) is 69.0 cm³/mol. The minimum absolute atomic E-state index is 0.165. The van der Waals surface area contributed by atoms with Gasteiger partial charge < -0.3 is 30.1 Å². The highest BCUT2D eigenvalue weighted by molar-refractivity contribution is 5.96. The fourth-order valence-electron chi connectivity index (χ4n) is 2.79. The maximum Gasteiger partial charge on any atom is 0.160 e. The van der Waals surface area contributed by atoms with Crippen molar-refractivity contribution in [2.24, 2.45) is 15.9 Å². The number of hydrogen-bond acceptors (Lipinski definition) is 8. The van der Waals surface area contributed by atoms with E-state index in [1.807, 2.05) is 6.08 Å². The van der Waals surface area contributed by atoms with E-state index in [-0.39, 0.29) is 25.3 Å². The van der Waals surface area contributed by atoms with Crippen LogP contribution >= 0.6 is 0 Å². The minimum Gasteiger partial charge on any atom is -0.394 e. The largest absolute Gasteiger partial charge is 0.394 e. The van der Waals surface area contributed by atoms with Crippen LogP contribution in [0.2, 0.25) is 0 Å². The summed E-state index contributed by atoms with van der Waals surface area (Å²) >= 11 is 0. The number of aliphatic hydroxyl groups excluding tert-OH is 4. The number of ether oxygens (including phenoxy) is 1. The Kier molecular flexibility index (Phi) is 3.57. The van der Waals surface area contributed by atoms with Gasteiger partial charge in [0.1, 0.15) is 30.8 Å². The maximum atomic E-state index is 10.0. The van der Waals surface area contributed by atoms with Gasteiger partial charge in [-0.25, -0.2) is 9.98 Å². The van der Waals surface area contributed by atoms with E-state index in [0.717, 1.165) is 0 Å². The molecule has 0 bridgehead atoms. The molecule has 8 heteroatoms. The van der Waals surface area contributed by atoms with E-state index < -0.39 is 24.5 Å². The second-order valence-corrected chi connectivity index (χ2v) is 5.00. The summed E-state index contributed by atoms with van der Waals surface area (Å²) in [4.78, 5) is 9.93. The lowest BCUT2D eigenvalue weighted by Gasteiger charge is -2.33. The standard InChI is InChI=1S/C12H17N3O5/c16-3-7-6-1-2-15(11(6)14-5-13-7)12-10(19)9(18)8(4-17)20-12/h1-2,5-6,8-12,16-19H,3-4H2/t6?,8-,9-,10-,11?,12-/m1/s1. The molecule has 0 aliphatic carbocycles. The molecule has 0 saturated carbocycles. The van der Waals surface area contributed by atoms with E-state index >= 15 is 0 Å². The number of nitrogens with zero attached hydrogens (tertiary/aromatic N) is 3. The first-order valence-electron chi connectivity index (χ1n) is 6.44. The van der Waals surface area contributed by atoms with Crippen molar-refractivity contribution in [3.8, 4) is 0 Å². The normalized spacial score (nSPS) is 43.0. The maximum absolute atomic E-state index is 10.0. The number of aliphatic imine (C=N–C) groups is 2. The van der Waals surface area contributed by atoms with Gasteiger partial charge in [0, 0.05) is 6.20 Å². The van der Waals surface area contributed by atoms with Gasteiger partial charge in [-0.2, -0.15) is 0 Å². The van der Waals surface area contributed by atoms with Crippen LogP contribution in [0.4, 0.5) is 0 Å². The van der Waals surface area contributed by atoms with Crippen molar-refractivity contribution in [2.75, 3.05) is 13.2 Å². The summed E-state index contributed by atoms with van der Waals surface area (Å²) in [7, 11) is 0. The van der Waals surface area contributed by atoms with Crippen molar-refractivity contribution in [3.05, 3.63) is 12.3 Å². The van der Waals surface area contributed by atoms with Crippen LogP contribution in [0.5, 0.6) is 0 Å². The third-order valence-corrected chi connectivity index (χ3v) is 3.89. The molecular weight excluding hydrogens is 266 g/mol. The molecule has 6 atom stereocenters. The molecule has 3 rings (SSSR count). The Morgan fingerprint density at radius 1 is 1.25 bits per heavy atom. The molecule has 2 unspecified atom stereocenters. The van der Waals surface area contributed by atoms with Crippen LogP contribution in [0.15, 0.2) is 22.3 Å². The molecule has 8 nitrogen and oxygen atoms in total. The summed E-state index contributed by atoms with van der Waals surface area (Å²) in [6.45, 7) is -0.533. The molecule has 3 aliphatic rings. The topological polar surface area (TPSA) is 118 Å². The van der Waals surface area contributed by atoms with Gasteiger partial charge in [0.15, 0.2) is 6.23 Å². The predicted octanol–water partition coefficient (Wildman–Crippen LogP) is -2.33. The molecule has 1 fully saturated rings. The number of hydrogen-bond donors (Lipinski definition) is 4. The highest BCUT2D eigenvalue weighted by Crippen LogP contribution is 2.33. The van der Waals surface area contributed by atoms with Crippen LogP contribution < -0.4 is 0 Å². The van der Waals surface area contributed by atoms with Gasteiger partial charge in [0.2, 0.25) is 0 Å². The highest BCUT2D eigenvalue weighted by atomic mass is 16.6. The van der Waals surface area contributed by atoms with E-state index in [1.165, 1.54) is 6.34 Å². The third kappa shape index (κ3) is 1.97. The SMILES string of the molecule is OCC1=NC=NC2C1C=CN2[C@@H]1O[C@H](CO)[C@@H](O)[C@H]1O. The second-order valence-electron chi connectivity index (χ2n) is 5.00. The van der Waals surface area contributed by atoms with Crippen LogP contribution in [0, 0.1) is 5.92 Å². The first-order valence-corrected chi connectivity index (χ1v) is 6.44. The molecule has 0 aromatic carbocycles. The molecule has 3 aliphatic heterocycles. The van der Waals surface area contributed by atoms with E-state index in [0.29, 0.717) is 5.71 Å². The summed E-state index contributed by atoms with van der Waals surface area (Å²) in [5.74, 6) is -0.175. The average molecular weight is 283 g/mol. The lowest BCUT2D eigenvalue weighted by Crippen LogP contribution is -2.47. The number of aliphatic hydroxyl groups is 4. The lowest BCUT2D eigenvalue weighted by molar-refractivity contribution is -0.0899. The van der Waals surface area contributed by atoms with E-state index in [9.17, 15) is 15.3 Å². The van der Waals surface area contributed by atoms with Crippen LogP contribution in [0.3, 0.4) is 0 Å². The monoisotopic (exact) mass is 283 g/mol. The molecule has 110 valence electrons. The van der Waals surface area contributed by atoms with Gasteiger partial charge >= 0.3 is 0 Å². The fraction of sp³-hybridized carbons (Fsp3) is 0.667. The zero-order chi connectivity index (χ0) is 14.3. The first-order chi connectivity index (χ1) is 9.67. The molecule has 3 heterocycles. The Morgan fingerprint density at radius 2 is 2.05 bits per heavy atom. The van der Waals surface area contributed by atoms with Crippen molar-refractivity contribution in [2.45, 2.75) is 30.7 Å². The summed E-state index contributed by atoms with van der Waals surface area (Å²) in [6, 6.07) is 0. The smallest absolute Gasteiger partial charge is 0.160 e. The zero-order valence-corrected chi connectivity index (χ0v) is 10.6. The lowest BCUT2D eigenvalue weighted by atomic mass is 10.0. The van der Waals surface area contributed by atoms with Crippen molar-refractivity contribution in [3.63, 3.8) is 0 Å². The number of fused-ring (bicyclic) bond motifs is 1. The van der Waals surface area contributed by atoms with Crippen molar-refractivity contribution < 1.29 is 25.2 Å². The van der Waals surface area contributed by atoms with Crippen LogP contribution in [-0.2, 0) is 4.74 Å². The summed E-state index contributed by atoms with van der Waals surface area (Å²) in [5, 5.41) is 38.2. The van der Waals surface area contributed by atoms with Gasteiger partial charge in [-0.3, -0.25) is 0 Å². The highest BCUT2D eigenvalue weighted by Gasteiger charge is 2.48. The van der Waals surface area contributed by atoms with E-state index in [2.05, 4.69) is 9.98 Å². The van der Waals surface area contributed by atoms with Gasteiger partial charge in [-0.15, -0.1) is 0 Å². The first kappa shape index (κ1) is 13.7. The molecular formula is C12H17N3O5. The molecule has 1 saturated heterocycles. The van der Waals surface area contributed by atoms with Crippen LogP contribution in [0.1, 0.15) is 0 Å². The second kappa shape index (κ2) is 5.23. The van der Waals surface area contributed by atoms with Crippen LogP contribution in [-0.4, -0.2) is 81.3 Å². The Labute approximate surface area is 115 Å². The Bertz CT molecular complexity index is 466. The molecule has 0 aromatic rings. The van der Waals surface area contributed by atoms with Gasteiger partial charge in [0.25, 0.3) is 0 Å². The third-order valence-electron chi connectivity index (χ3n) is 3.89. The Morgan fingerprint density at radius 3 is 2.70 bits per heavy atom. The minimum atomic E-state index is -1.14. The van der Waals surface area contributed by atoms with Crippen molar-refractivity contribution in [1.82, 2.24) is 4.90 Å². The van der Waals surface area contributed by atoms with E-state index in [4.69, 9.17) is 9.84 Å². The molecule has 0 spiro atoms. The van der Waals surface area contributed by atoms with Gasteiger partial charge in [-0.1, -0.05) is 6.08 Å². The van der Waals surface area contributed by atoms with Crippen molar-refractivity contribution in [1.29, 1.82) is 0 Å². The summed E-state index contributed by atoms with van der Waals surface area (Å²) in [6.07, 6.45) is 0.657. The summed E-state index contributed by atoms with van der Waals surface area (Å²) in [5.41, 5.74) is 0.593. The molecule has 4 N–H and O–H groups in total.